The number of nitrogens with zero attached hydrogens (tertiary/aromatic N) is 1. The summed E-state index contributed by atoms with van der Waals surface area (Å²) >= 11 is 18.0. The molecule has 0 radical (unpaired) electrons. The molecule has 3 nitrogen and oxygen atoms in total. The Kier molecular flexibility index (Phi) is 4.55. The van der Waals surface area contributed by atoms with Crippen molar-refractivity contribution in [1.29, 1.82) is 0 Å². The van der Waals surface area contributed by atoms with Crippen molar-refractivity contribution in [1.82, 2.24) is 10.3 Å². The van der Waals surface area contributed by atoms with Crippen molar-refractivity contribution < 1.29 is 4.74 Å². The van der Waals surface area contributed by atoms with Gasteiger partial charge in [0, 0.05) is 30.9 Å². The zero-order valence-corrected chi connectivity index (χ0v) is 13.3. The third-order valence-electron chi connectivity index (χ3n) is 3.14. The molecule has 21 heavy (non-hydrogen) atoms. The fourth-order valence-electron chi connectivity index (χ4n) is 1.86. The highest BCUT2D eigenvalue weighted by molar-refractivity contribution is 6.43. The summed E-state index contributed by atoms with van der Waals surface area (Å²) in [5.41, 5.74) is 0.926. The van der Waals surface area contributed by atoms with Gasteiger partial charge in [-0.2, -0.15) is 0 Å². The number of benzene rings is 1. The first-order valence-corrected chi connectivity index (χ1v) is 7.76. The highest BCUT2D eigenvalue weighted by atomic mass is 35.5. The van der Waals surface area contributed by atoms with Crippen molar-refractivity contribution in [3.8, 4) is 11.5 Å². The first-order chi connectivity index (χ1) is 10.1. The number of rotatable bonds is 5. The predicted molar refractivity (Wildman–Crippen MR) is 85.6 cm³/mol. The van der Waals surface area contributed by atoms with Crippen LogP contribution >= 0.6 is 34.8 Å². The van der Waals surface area contributed by atoms with Crippen LogP contribution in [0.15, 0.2) is 30.5 Å². The lowest BCUT2D eigenvalue weighted by Gasteiger charge is -2.10. The zero-order chi connectivity index (χ0) is 14.8. The van der Waals surface area contributed by atoms with Gasteiger partial charge in [-0.05, 0) is 25.0 Å². The predicted octanol–water partition coefficient (Wildman–Crippen LogP) is 5.09. The van der Waals surface area contributed by atoms with E-state index >= 15 is 0 Å². The summed E-state index contributed by atoms with van der Waals surface area (Å²) < 4.78 is 5.77. The van der Waals surface area contributed by atoms with Crippen molar-refractivity contribution in [3.05, 3.63) is 51.2 Å². The van der Waals surface area contributed by atoms with Gasteiger partial charge >= 0.3 is 0 Å². The van der Waals surface area contributed by atoms with Crippen LogP contribution in [0.4, 0.5) is 0 Å². The van der Waals surface area contributed by atoms with Crippen LogP contribution in [0, 0.1) is 0 Å². The van der Waals surface area contributed by atoms with Crippen LogP contribution in [0.25, 0.3) is 0 Å². The van der Waals surface area contributed by atoms with E-state index in [1.54, 1.807) is 24.4 Å². The Hall–Kier alpha value is -1.00. The standard InChI is InChI=1S/C15H13Cl3N2O/c16-12-6-14(18)15(7-13(12)17)21-11-3-4-19-10(5-11)8-20-9-1-2-9/h3-7,9,20H,1-2,8H2. The van der Waals surface area contributed by atoms with E-state index in [0.717, 1.165) is 12.2 Å². The summed E-state index contributed by atoms with van der Waals surface area (Å²) in [5.74, 6) is 1.14. The van der Waals surface area contributed by atoms with E-state index in [9.17, 15) is 0 Å². The minimum Gasteiger partial charge on any atom is -0.456 e. The van der Waals surface area contributed by atoms with Gasteiger partial charge in [-0.1, -0.05) is 34.8 Å². The molecule has 0 spiro atoms. The average molecular weight is 344 g/mol. The number of halogens is 3. The van der Waals surface area contributed by atoms with E-state index in [0.29, 0.717) is 32.6 Å². The molecule has 0 amide bonds. The van der Waals surface area contributed by atoms with Crippen molar-refractivity contribution in [3.63, 3.8) is 0 Å². The fraction of sp³-hybridized carbons (Fsp3) is 0.267. The van der Waals surface area contributed by atoms with E-state index in [-0.39, 0.29) is 0 Å². The molecular formula is C15H13Cl3N2O. The van der Waals surface area contributed by atoms with E-state index in [1.807, 2.05) is 6.07 Å². The number of ether oxygens (including phenoxy) is 1. The van der Waals surface area contributed by atoms with Gasteiger partial charge < -0.3 is 10.1 Å². The van der Waals surface area contributed by atoms with Crippen LogP contribution in [0.3, 0.4) is 0 Å². The maximum atomic E-state index is 6.11. The molecule has 0 saturated heterocycles. The molecule has 0 atom stereocenters. The quantitative estimate of drug-likeness (QED) is 0.768. The van der Waals surface area contributed by atoms with E-state index < -0.39 is 0 Å². The molecule has 1 heterocycles. The molecule has 1 N–H and O–H groups in total. The van der Waals surface area contributed by atoms with Gasteiger partial charge in [0.2, 0.25) is 0 Å². The second kappa shape index (κ2) is 6.41. The second-order valence-electron chi connectivity index (χ2n) is 4.94. The molecule has 0 aliphatic heterocycles. The molecule has 1 aromatic heterocycles. The first-order valence-electron chi connectivity index (χ1n) is 6.62. The van der Waals surface area contributed by atoms with Crippen LogP contribution in [-0.4, -0.2) is 11.0 Å². The highest BCUT2D eigenvalue weighted by Gasteiger charge is 2.20. The number of aromatic nitrogens is 1. The van der Waals surface area contributed by atoms with Crippen LogP contribution in [0.1, 0.15) is 18.5 Å². The summed E-state index contributed by atoms with van der Waals surface area (Å²) in [4.78, 5) is 4.31. The molecule has 0 bridgehead atoms. The smallest absolute Gasteiger partial charge is 0.147 e. The number of hydrogen-bond donors (Lipinski definition) is 1. The summed E-state index contributed by atoms with van der Waals surface area (Å²) in [6, 6.07) is 7.47. The lowest BCUT2D eigenvalue weighted by atomic mass is 10.3. The van der Waals surface area contributed by atoms with Gasteiger partial charge in [0.25, 0.3) is 0 Å². The molecule has 2 aromatic rings. The van der Waals surface area contributed by atoms with Gasteiger partial charge in [-0.25, -0.2) is 0 Å². The van der Waals surface area contributed by atoms with Crippen LogP contribution in [0.5, 0.6) is 11.5 Å². The largest absolute Gasteiger partial charge is 0.456 e. The fourth-order valence-corrected chi connectivity index (χ4v) is 2.44. The molecule has 1 fully saturated rings. The Balaban J connectivity index is 1.74. The van der Waals surface area contributed by atoms with Gasteiger partial charge in [0.1, 0.15) is 11.5 Å². The molecule has 6 heteroatoms. The zero-order valence-electron chi connectivity index (χ0n) is 11.1. The third kappa shape index (κ3) is 4.01. The van der Waals surface area contributed by atoms with Crippen LogP contribution < -0.4 is 10.1 Å². The Morgan fingerprint density at radius 1 is 1.10 bits per heavy atom. The Bertz CT molecular complexity index is 659. The monoisotopic (exact) mass is 342 g/mol. The molecule has 1 aliphatic carbocycles. The summed E-state index contributed by atoms with van der Waals surface area (Å²) in [6.45, 7) is 0.733. The van der Waals surface area contributed by atoms with Crippen LogP contribution in [-0.2, 0) is 6.54 Å². The lowest BCUT2D eigenvalue weighted by Crippen LogP contribution is -2.16. The molecule has 1 saturated carbocycles. The van der Waals surface area contributed by atoms with E-state index in [2.05, 4.69) is 10.3 Å². The maximum absolute atomic E-state index is 6.11. The molecule has 1 aromatic carbocycles. The molecular weight excluding hydrogens is 331 g/mol. The summed E-state index contributed by atoms with van der Waals surface area (Å²) in [5, 5.41) is 4.63. The minimum atomic E-state index is 0.401. The lowest BCUT2D eigenvalue weighted by molar-refractivity contribution is 0.480. The van der Waals surface area contributed by atoms with Crippen molar-refractivity contribution in [2.45, 2.75) is 25.4 Å². The summed E-state index contributed by atoms with van der Waals surface area (Å²) in [7, 11) is 0. The molecule has 110 valence electrons. The van der Waals surface area contributed by atoms with E-state index in [4.69, 9.17) is 39.5 Å². The van der Waals surface area contributed by atoms with E-state index in [1.165, 1.54) is 12.8 Å². The number of nitrogens with one attached hydrogen (secondary N) is 1. The number of hydrogen-bond acceptors (Lipinski definition) is 3. The topological polar surface area (TPSA) is 34.1 Å². The highest BCUT2D eigenvalue weighted by Crippen LogP contribution is 2.36. The Labute approximate surface area is 138 Å². The van der Waals surface area contributed by atoms with Crippen molar-refractivity contribution in [2.75, 3.05) is 0 Å². The van der Waals surface area contributed by atoms with Crippen molar-refractivity contribution >= 4 is 34.8 Å². The Morgan fingerprint density at radius 2 is 1.86 bits per heavy atom. The maximum Gasteiger partial charge on any atom is 0.147 e. The number of pyridine rings is 1. The molecule has 1 aliphatic rings. The molecule has 3 rings (SSSR count). The molecule has 0 unspecified atom stereocenters. The van der Waals surface area contributed by atoms with Gasteiger partial charge in [-0.3, -0.25) is 4.98 Å². The van der Waals surface area contributed by atoms with Gasteiger partial charge in [0.15, 0.2) is 0 Å². The van der Waals surface area contributed by atoms with Crippen molar-refractivity contribution in [2.24, 2.45) is 0 Å². The van der Waals surface area contributed by atoms with Crippen LogP contribution in [0.2, 0.25) is 15.1 Å². The Morgan fingerprint density at radius 3 is 2.62 bits per heavy atom. The summed E-state index contributed by atoms with van der Waals surface area (Å²) in [6.07, 6.45) is 4.20. The third-order valence-corrected chi connectivity index (χ3v) is 4.16. The SMILES string of the molecule is Clc1cc(Cl)c(Oc2ccnc(CNC3CC3)c2)cc1Cl. The first kappa shape index (κ1) is 14.9. The van der Waals surface area contributed by atoms with Gasteiger partial charge in [0.05, 0.1) is 20.8 Å². The van der Waals surface area contributed by atoms with Gasteiger partial charge in [-0.15, -0.1) is 0 Å². The average Bonchev–Trinajstić information content (AvgIpc) is 3.27. The normalized spacial score (nSPS) is 14.2. The second-order valence-corrected chi connectivity index (χ2v) is 6.16. The minimum absolute atomic E-state index is 0.401.